The zero-order chi connectivity index (χ0) is 10.0. The highest BCUT2D eigenvalue weighted by molar-refractivity contribution is 6.30. The number of hydrogen-bond acceptors (Lipinski definition) is 1. The lowest BCUT2D eigenvalue weighted by atomic mass is 10.1. The molecule has 70 valence electrons. The molecule has 0 aliphatic rings. The summed E-state index contributed by atoms with van der Waals surface area (Å²) in [5.41, 5.74) is -0.378. The van der Waals surface area contributed by atoms with E-state index in [9.17, 15) is 18.0 Å². The van der Waals surface area contributed by atoms with Crippen LogP contribution >= 0.6 is 11.6 Å². The maximum Gasteiger partial charge on any atom is 0.300 e. The van der Waals surface area contributed by atoms with Gasteiger partial charge < -0.3 is 0 Å². The van der Waals surface area contributed by atoms with Gasteiger partial charge in [-0.1, -0.05) is 11.6 Å². The number of carbonyl (C=O) groups excluding carboxylic acids is 1. The second kappa shape index (κ2) is 3.79. The van der Waals surface area contributed by atoms with E-state index in [1.807, 2.05) is 0 Å². The van der Waals surface area contributed by atoms with Crippen molar-refractivity contribution >= 4 is 17.4 Å². The van der Waals surface area contributed by atoms with Gasteiger partial charge in [-0.05, 0) is 18.2 Å². The minimum Gasteiger partial charge on any atom is -0.288 e. The molecule has 0 radical (unpaired) electrons. The van der Waals surface area contributed by atoms with Crippen molar-refractivity contribution < 1.29 is 18.0 Å². The average molecular weight is 209 g/mol. The second-order valence-corrected chi connectivity index (χ2v) is 2.70. The monoisotopic (exact) mass is 208 g/mol. The van der Waals surface area contributed by atoms with Gasteiger partial charge in [-0.3, -0.25) is 4.79 Å². The number of rotatable bonds is 2. The number of ketones is 1. The van der Waals surface area contributed by atoms with Crippen molar-refractivity contribution in [2.24, 2.45) is 0 Å². The van der Waals surface area contributed by atoms with Crippen LogP contribution in [0.25, 0.3) is 0 Å². The fourth-order valence-electron chi connectivity index (χ4n) is 0.775. The summed E-state index contributed by atoms with van der Waals surface area (Å²) in [6.07, 6.45) is -3.12. The molecule has 0 heterocycles. The van der Waals surface area contributed by atoms with Crippen molar-refractivity contribution in [2.45, 2.75) is 6.43 Å². The minimum absolute atomic E-state index is 0.203. The molecule has 0 spiro atoms. The van der Waals surface area contributed by atoms with Crippen molar-refractivity contribution in [3.63, 3.8) is 0 Å². The lowest BCUT2D eigenvalue weighted by molar-refractivity contribution is 0.0678. The number of benzene rings is 1. The van der Waals surface area contributed by atoms with E-state index in [1.54, 1.807) is 0 Å². The molecule has 0 aromatic heterocycles. The molecular weight excluding hydrogens is 205 g/mol. The number of carbonyl (C=O) groups is 1. The Bertz CT molecular complexity index is 338. The van der Waals surface area contributed by atoms with Crippen LogP contribution in [0.1, 0.15) is 10.4 Å². The molecule has 0 bridgehead atoms. The number of alkyl halides is 2. The summed E-state index contributed by atoms with van der Waals surface area (Å²) in [4.78, 5) is 10.6. The first-order valence-electron chi connectivity index (χ1n) is 3.30. The van der Waals surface area contributed by atoms with E-state index in [4.69, 9.17) is 11.6 Å². The minimum atomic E-state index is -3.12. The van der Waals surface area contributed by atoms with Gasteiger partial charge in [0.1, 0.15) is 5.82 Å². The largest absolute Gasteiger partial charge is 0.300 e. The molecule has 0 aliphatic carbocycles. The normalized spacial score (nSPS) is 10.5. The summed E-state index contributed by atoms with van der Waals surface area (Å²) < 4.78 is 36.4. The fourth-order valence-corrected chi connectivity index (χ4v) is 0.893. The predicted octanol–water partition coefficient (Wildman–Crippen LogP) is 2.93. The second-order valence-electron chi connectivity index (χ2n) is 2.29. The third-order valence-electron chi connectivity index (χ3n) is 1.40. The molecule has 0 saturated carbocycles. The zero-order valence-electron chi connectivity index (χ0n) is 6.23. The van der Waals surface area contributed by atoms with E-state index < -0.39 is 18.0 Å². The van der Waals surface area contributed by atoms with Crippen LogP contribution in [0, 0.1) is 5.82 Å². The summed E-state index contributed by atoms with van der Waals surface area (Å²) in [7, 11) is 0. The average Bonchev–Trinajstić information content (AvgIpc) is 2.08. The van der Waals surface area contributed by atoms with Crippen LogP contribution in [0.4, 0.5) is 13.2 Å². The van der Waals surface area contributed by atoms with Gasteiger partial charge in [0.25, 0.3) is 0 Å². The van der Waals surface area contributed by atoms with Crippen LogP contribution < -0.4 is 0 Å². The smallest absolute Gasteiger partial charge is 0.288 e. The van der Waals surface area contributed by atoms with E-state index in [0.717, 1.165) is 12.1 Å². The molecule has 1 nitrogen and oxygen atoms in total. The zero-order valence-corrected chi connectivity index (χ0v) is 6.99. The Kier molecular flexibility index (Phi) is 2.93. The first-order chi connectivity index (χ1) is 6.02. The number of halogens is 4. The highest BCUT2D eigenvalue weighted by Crippen LogP contribution is 2.17. The van der Waals surface area contributed by atoms with E-state index in [-0.39, 0.29) is 10.6 Å². The molecule has 0 amide bonds. The number of Topliss-reactive ketones (excluding diaryl/α,β-unsaturated/α-hetero) is 1. The van der Waals surface area contributed by atoms with Crippen LogP contribution in [0.5, 0.6) is 0 Å². The van der Waals surface area contributed by atoms with Crippen molar-refractivity contribution in [1.82, 2.24) is 0 Å². The maximum atomic E-state index is 12.7. The van der Waals surface area contributed by atoms with Crippen molar-refractivity contribution in [1.29, 1.82) is 0 Å². The molecule has 1 aromatic rings. The van der Waals surface area contributed by atoms with Crippen LogP contribution in [0.3, 0.4) is 0 Å². The van der Waals surface area contributed by atoms with Crippen LogP contribution in [0.15, 0.2) is 18.2 Å². The van der Waals surface area contributed by atoms with Gasteiger partial charge in [0.15, 0.2) is 0 Å². The molecule has 0 N–H and O–H groups in total. The van der Waals surface area contributed by atoms with Crippen LogP contribution in [0.2, 0.25) is 5.02 Å². The Labute approximate surface area is 77.1 Å². The van der Waals surface area contributed by atoms with Crippen molar-refractivity contribution in [3.8, 4) is 0 Å². The fraction of sp³-hybridized carbons (Fsp3) is 0.125. The molecule has 0 aliphatic heterocycles. The van der Waals surface area contributed by atoms with Gasteiger partial charge in [-0.25, -0.2) is 13.2 Å². The highest BCUT2D eigenvalue weighted by atomic mass is 35.5. The van der Waals surface area contributed by atoms with Crippen LogP contribution in [-0.4, -0.2) is 12.2 Å². The van der Waals surface area contributed by atoms with Gasteiger partial charge in [0, 0.05) is 5.56 Å². The maximum absolute atomic E-state index is 12.7. The van der Waals surface area contributed by atoms with Crippen molar-refractivity contribution in [3.05, 3.63) is 34.6 Å². The summed E-state index contributed by atoms with van der Waals surface area (Å²) in [5.74, 6) is -2.29. The third kappa shape index (κ3) is 2.21. The Morgan fingerprint density at radius 1 is 1.38 bits per heavy atom. The molecule has 5 heteroatoms. The van der Waals surface area contributed by atoms with Crippen LogP contribution in [-0.2, 0) is 0 Å². The molecule has 0 unspecified atom stereocenters. The number of hydrogen-bond donors (Lipinski definition) is 0. The van der Waals surface area contributed by atoms with Gasteiger partial charge in [0.2, 0.25) is 5.78 Å². The molecule has 0 atom stereocenters. The van der Waals surface area contributed by atoms with Gasteiger partial charge in [0.05, 0.1) is 5.02 Å². The summed E-state index contributed by atoms with van der Waals surface area (Å²) in [5, 5.41) is -0.203. The summed E-state index contributed by atoms with van der Waals surface area (Å²) >= 11 is 5.29. The van der Waals surface area contributed by atoms with Gasteiger partial charge in [-0.15, -0.1) is 0 Å². The Balaban J connectivity index is 3.04. The van der Waals surface area contributed by atoms with E-state index >= 15 is 0 Å². The molecule has 1 rings (SSSR count). The molecule has 1 aromatic carbocycles. The predicted molar refractivity (Wildman–Crippen MR) is 41.7 cm³/mol. The van der Waals surface area contributed by atoms with E-state index in [2.05, 4.69) is 0 Å². The Morgan fingerprint density at radius 3 is 2.46 bits per heavy atom. The third-order valence-corrected chi connectivity index (χ3v) is 1.71. The first kappa shape index (κ1) is 10.1. The highest BCUT2D eigenvalue weighted by Gasteiger charge is 2.18. The van der Waals surface area contributed by atoms with E-state index in [1.165, 1.54) is 0 Å². The first-order valence-corrected chi connectivity index (χ1v) is 3.67. The summed E-state index contributed by atoms with van der Waals surface area (Å²) in [6.45, 7) is 0. The van der Waals surface area contributed by atoms with Crippen molar-refractivity contribution in [2.75, 3.05) is 0 Å². The van der Waals surface area contributed by atoms with E-state index in [0.29, 0.717) is 6.07 Å². The lowest BCUT2D eigenvalue weighted by Gasteiger charge is -1.99. The molecule has 0 saturated heterocycles. The molecular formula is C8H4ClF3O. The summed E-state index contributed by atoms with van der Waals surface area (Å²) in [6, 6.07) is 2.81. The lowest BCUT2D eigenvalue weighted by Crippen LogP contribution is -2.10. The molecule has 0 fully saturated rings. The van der Waals surface area contributed by atoms with Gasteiger partial charge in [-0.2, -0.15) is 0 Å². The Morgan fingerprint density at radius 2 is 2.00 bits per heavy atom. The van der Waals surface area contributed by atoms with Gasteiger partial charge >= 0.3 is 6.43 Å². The Hall–Kier alpha value is -1.03. The molecule has 13 heavy (non-hydrogen) atoms. The topological polar surface area (TPSA) is 17.1 Å². The SMILES string of the molecule is O=C(c1ccc(Cl)c(F)c1)C(F)F. The quantitative estimate of drug-likeness (QED) is 0.683. The standard InChI is InChI=1S/C8H4ClF3O/c9-5-2-1-4(3-6(5)10)7(13)8(11)12/h1-3,8H.